The van der Waals surface area contributed by atoms with E-state index in [0.29, 0.717) is 0 Å². The van der Waals surface area contributed by atoms with Crippen LogP contribution in [0.2, 0.25) is 0 Å². The summed E-state index contributed by atoms with van der Waals surface area (Å²) in [6, 6.07) is 26.2. The fourth-order valence-electron chi connectivity index (χ4n) is 2.25. The van der Waals surface area contributed by atoms with Gasteiger partial charge in [-0.15, -0.1) is 12.1 Å². The van der Waals surface area contributed by atoms with E-state index in [0.717, 1.165) is 22.5 Å². The minimum Gasteiger partial charge on any atom is -0.297 e. The molecule has 0 saturated carbocycles. The zero-order valence-corrected chi connectivity index (χ0v) is 14.3. The minimum atomic E-state index is -0.413. The normalized spacial score (nSPS) is 9.60. The summed E-state index contributed by atoms with van der Waals surface area (Å²) in [7, 11) is 0. The first-order valence-electron chi connectivity index (χ1n) is 7.43. The van der Waals surface area contributed by atoms with E-state index in [1.165, 1.54) is 12.1 Å². The van der Waals surface area contributed by atoms with Gasteiger partial charge in [0, 0.05) is 12.1 Å². The molecule has 0 aliphatic heterocycles. The first kappa shape index (κ1) is 18.4. The summed E-state index contributed by atoms with van der Waals surface area (Å²) in [6.07, 6.45) is 0. The number of nitrogens with one attached hydrogen (secondary N) is 1. The van der Waals surface area contributed by atoms with E-state index >= 15 is 0 Å². The fourth-order valence-corrected chi connectivity index (χ4v) is 2.25. The average Bonchev–Trinajstić information content (AvgIpc) is 3.38. The molecule has 5 nitrogen and oxygen atoms in total. The van der Waals surface area contributed by atoms with Crippen molar-refractivity contribution in [1.29, 1.82) is 0 Å². The number of nitrogens with zero attached hydrogens (tertiary/aromatic N) is 2. The fraction of sp³-hybridized carbons (Fsp3) is 0. The molecule has 25 heavy (non-hydrogen) atoms. The summed E-state index contributed by atoms with van der Waals surface area (Å²) >= 11 is 0. The number of aromatic amines is 1. The number of hydrogen-bond acceptors (Lipinski definition) is 3. The van der Waals surface area contributed by atoms with Crippen molar-refractivity contribution < 1.29 is 22.0 Å². The quantitative estimate of drug-likeness (QED) is 0.243. The van der Waals surface area contributed by atoms with Crippen molar-refractivity contribution in [3.05, 3.63) is 95.0 Å². The summed E-state index contributed by atoms with van der Waals surface area (Å²) in [4.78, 5) is 10.2. The van der Waals surface area contributed by atoms with Crippen molar-refractivity contribution in [2.75, 3.05) is 0 Å². The third-order valence-corrected chi connectivity index (χ3v) is 3.48. The van der Waals surface area contributed by atoms with Gasteiger partial charge in [0.15, 0.2) is 0 Å². The van der Waals surface area contributed by atoms with Crippen LogP contribution in [0.25, 0.3) is 22.5 Å². The van der Waals surface area contributed by atoms with Crippen molar-refractivity contribution >= 4 is 5.69 Å². The van der Waals surface area contributed by atoms with Gasteiger partial charge in [-0.2, -0.15) is 35.4 Å². The smallest absolute Gasteiger partial charge is 0.297 e. The monoisotopic (exact) mass is 373 g/mol. The molecule has 0 unspecified atom stereocenters. The van der Waals surface area contributed by atoms with Crippen molar-refractivity contribution in [2.24, 2.45) is 0 Å². The second-order valence-electron chi connectivity index (χ2n) is 5.11. The van der Waals surface area contributed by atoms with Crippen molar-refractivity contribution in [1.82, 2.24) is 10.2 Å². The molecule has 0 amide bonds. The molecular weight excluding hydrogens is 358 g/mol. The van der Waals surface area contributed by atoms with Crippen molar-refractivity contribution in [2.45, 2.75) is 0 Å². The second-order valence-corrected chi connectivity index (χ2v) is 5.11. The van der Waals surface area contributed by atoms with Crippen LogP contribution in [0.3, 0.4) is 0 Å². The number of nitro groups is 1. The first-order chi connectivity index (χ1) is 11.7. The SMILES string of the molecule is O=[N+]([O-])c1ccc(-c2cc(-[c-]3cccc3)[nH]n2)cc1.[Fe+2].c1cc[cH-]c1. The average molecular weight is 373 g/mol. The Bertz CT molecular complexity index is 862. The molecule has 6 heteroatoms. The molecule has 0 radical (unpaired) electrons. The van der Waals surface area contributed by atoms with Crippen LogP contribution in [0.5, 0.6) is 0 Å². The summed E-state index contributed by atoms with van der Waals surface area (Å²) in [5.41, 5.74) is 3.69. The molecule has 0 bridgehead atoms. The molecule has 1 heterocycles. The van der Waals surface area contributed by atoms with Gasteiger partial charge in [0.2, 0.25) is 0 Å². The Hall–Kier alpha value is -2.95. The van der Waals surface area contributed by atoms with Gasteiger partial charge in [-0.1, -0.05) is 11.6 Å². The molecule has 0 aliphatic rings. The Balaban J connectivity index is 0.000000325. The second kappa shape index (κ2) is 8.78. The van der Waals surface area contributed by atoms with Crippen LogP contribution in [0.1, 0.15) is 0 Å². The standard InChI is InChI=1S/C14H10N3O2.C5H5.Fe/c18-17(19)12-7-5-11(6-8-12)14-9-13(15-16-14)10-3-1-2-4-10;1-2-4-5-3-1;/h1-9H,(H,15,16);1-5H;/q2*-1;+2. The van der Waals surface area contributed by atoms with E-state index < -0.39 is 4.92 Å². The molecule has 0 spiro atoms. The van der Waals surface area contributed by atoms with Crippen LogP contribution in [-0.2, 0) is 17.1 Å². The summed E-state index contributed by atoms with van der Waals surface area (Å²) in [5.74, 6) is 0. The van der Waals surface area contributed by atoms with Gasteiger partial charge < -0.3 is 0 Å². The molecule has 0 atom stereocenters. The van der Waals surface area contributed by atoms with Gasteiger partial charge in [0.1, 0.15) is 0 Å². The molecule has 1 aromatic heterocycles. The Kier molecular flexibility index (Phi) is 6.46. The number of nitro benzene ring substituents is 1. The van der Waals surface area contributed by atoms with E-state index in [1.807, 2.05) is 60.7 Å². The van der Waals surface area contributed by atoms with E-state index in [2.05, 4.69) is 10.2 Å². The maximum absolute atomic E-state index is 10.6. The predicted molar refractivity (Wildman–Crippen MR) is 93.7 cm³/mol. The van der Waals surface area contributed by atoms with Crippen molar-refractivity contribution in [3.8, 4) is 22.5 Å². The van der Waals surface area contributed by atoms with Gasteiger partial charge in [0.05, 0.1) is 10.6 Å². The van der Waals surface area contributed by atoms with Gasteiger partial charge in [-0.05, 0) is 23.4 Å². The van der Waals surface area contributed by atoms with Crippen LogP contribution in [-0.4, -0.2) is 15.1 Å². The summed E-state index contributed by atoms with van der Waals surface area (Å²) in [6.45, 7) is 0. The van der Waals surface area contributed by atoms with Crippen molar-refractivity contribution in [3.63, 3.8) is 0 Å². The number of H-pyrrole nitrogens is 1. The van der Waals surface area contributed by atoms with Crippen LogP contribution < -0.4 is 0 Å². The van der Waals surface area contributed by atoms with E-state index in [4.69, 9.17) is 0 Å². The molecule has 4 rings (SSSR count). The van der Waals surface area contributed by atoms with Crippen LogP contribution in [0.15, 0.2) is 84.9 Å². The minimum absolute atomic E-state index is 0. The third-order valence-electron chi connectivity index (χ3n) is 3.48. The maximum Gasteiger partial charge on any atom is 2.00 e. The Morgan fingerprint density at radius 3 is 2.20 bits per heavy atom. The molecule has 126 valence electrons. The Labute approximate surface area is 155 Å². The molecule has 4 aromatic rings. The zero-order chi connectivity index (χ0) is 16.8. The Morgan fingerprint density at radius 2 is 1.68 bits per heavy atom. The number of hydrogen-bond donors (Lipinski definition) is 1. The molecule has 1 N–H and O–H groups in total. The first-order valence-corrected chi connectivity index (χ1v) is 7.43. The third kappa shape index (κ3) is 4.76. The number of aromatic nitrogens is 2. The molecule has 0 aliphatic carbocycles. The largest absolute Gasteiger partial charge is 2.00 e. The summed E-state index contributed by atoms with van der Waals surface area (Å²) < 4.78 is 0. The molecular formula is C19H15FeN3O2. The van der Waals surface area contributed by atoms with E-state index in [1.54, 1.807) is 12.1 Å². The molecule has 0 saturated heterocycles. The molecule has 0 fully saturated rings. The Morgan fingerprint density at radius 1 is 1.04 bits per heavy atom. The van der Waals surface area contributed by atoms with Gasteiger partial charge in [0.25, 0.3) is 5.69 Å². The zero-order valence-electron chi connectivity index (χ0n) is 13.1. The number of non-ortho nitro benzene ring substituents is 1. The van der Waals surface area contributed by atoms with Crippen LogP contribution in [0.4, 0.5) is 5.69 Å². The van der Waals surface area contributed by atoms with E-state index in [9.17, 15) is 10.1 Å². The van der Waals surface area contributed by atoms with Crippen LogP contribution >= 0.6 is 0 Å². The predicted octanol–water partition coefficient (Wildman–Crippen LogP) is 4.77. The number of benzene rings is 1. The van der Waals surface area contributed by atoms with Gasteiger partial charge in [-0.3, -0.25) is 15.2 Å². The summed E-state index contributed by atoms with van der Waals surface area (Å²) in [5, 5.41) is 17.8. The van der Waals surface area contributed by atoms with Crippen LogP contribution in [0, 0.1) is 10.1 Å². The number of rotatable bonds is 3. The molecule has 3 aromatic carbocycles. The van der Waals surface area contributed by atoms with Gasteiger partial charge >= 0.3 is 17.1 Å². The topological polar surface area (TPSA) is 71.8 Å². The maximum atomic E-state index is 10.6. The van der Waals surface area contributed by atoms with Gasteiger partial charge in [-0.25, -0.2) is 12.1 Å². The van der Waals surface area contributed by atoms with E-state index in [-0.39, 0.29) is 22.8 Å².